The van der Waals surface area contributed by atoms with E-state index in [0.717, 1.165) is 25.3 Å². The summed E-state index contributed by atoms with van der Waals surface area (Å²) in [6.45, 7) is 4.23. The maximum Gasteiger partial charge on any atom is 0.275 e. The molecule has 1 aliphatic heterocycles. The maximum atomic E-state index is 12.7. The van der Waals surface area contributed by atoms with Crippen molar-refractivity contribution >= 4 is 17.4 Å². The molecule has 9 nitrogen and oxygen atoms in total. The number of hydrogen-bond donors (Lipinski definition) is 1. The molecule has 31 heavy (non-hydrogen) atoms. The van der Waals surface area contributed by atoms with Crippen molar-refractivity contribution in [3.05, 3.63) is 48.8 Å². The van der Waals surface area contributed by atoms with Crippen LogP contribution in [-0.2, 0) is 0 Å². The van der Waals surface area contributed by atoms with Gasteiger partial charge in [-0.1, -0.05) is 6.92 Å². The molecule has 1 saturated heterocycles. The lowest BCUT2D eigenvalue weighted by atomic mass is 10.0. The van der Waals surface area contributed by atoms with Gasteiger partial charge >= 0.3 is 0 Å². The lowest BCUT2D eigenvalue weighted by Gasteiger charge is -2.31. The van der Waals surface area contributed by atoms with E-state index in [2.05, 4.69) is 32.1 Å². The third-order valence-corrected chi connectivity index (χ3v) is 5.34. The Labute approximate surface area is 181 Å². The lowest BCUT2D eigenvalue weighted by molar-refractivity contribution is 0.102. The molecule has 2 aromatic heterocycles. The summed E-state index contributed by atoms with van der Waals surface area (Å²) in [4.78, 5) is 28.0. The van der Waals surface area contributed by atoms with Gasteiger partial charge in [0.2, 0.25) is 0 Å². The minimum atomic E-state index is -0.329. The van der Waals surface area contributed by atoms with E-state index in [1.54, 1.807) is 55.8 Å². The molecule has 9 heteroatoms. The first kappa shape index (κ1) is 20.6. The number of hydrogen-bond acceptors (Lipinski definition) is 7. The van der Waals surface area contributed by atoms with E-state index < -0.39 is 0 Å². The molecule has 1 unspecified atom stereocenters. The van der Waals surface area contributed by atoms with Crippen LogP contribution in [0.1, 0.15) is 30.3 Å². The molecule has 162 valence electrons. The van der Waals surface area contributed by atoms with Crippen LogP contribution in [0.2, 0.25) is 0 Å². The van der Waals surface area contributed by atoms with Gasteiger partial charge in [-0.25, -0.2) is 15.0 Å². The van der Waals surface area contributed by atoms with Gasteiger partial charge < -0.3 is 19.7 Å². The average molecular weight is 422 g/mol. The van der Waals surface area contributed by atoms with Crippen LogP contribution in [-0.4, -0.2) is 52.7 Å². The fraction of sp³-hybridized carbons (Fsp3) is 0.364. The predicted octanol–water partition coefficient (Wildman–Crippen LogP) is 3.17. The summed E-state index contributed by atoms with van der Waals surface area (Å²) < 4.78 is 12.2. The van der Waals surface area contributed by atoms with Crippen LogP contribution in [0.15, 0.2) is 43.1 Å². The molecule has 4 rings (SSSR count). The van der Waals surface area contributed by atoms with E-state index in [-0.39, 0.29) is 11.6 Å². The van der Waals surface area contributed by atoms with Gasteiger partial charge in [0.25, 0.3) is 5.91 Å². The number of aromatic nitrogens is 4. The highest BCUT2D eigenvalue weighted by Gasteiger charge is 2.19. The largest absolute Gasteiger partial charge is 0.493 e. The first-order valence-electron chi connectivity index (χ1n) is 10.2. The maximum absolute atomic E-state index is 12.7. The molecule has 0 radical (unpaired) electrons. The van der Waals surface area contributed by atoms with Crippen LogP contribution >= 0.6 is 0 Å². The molecule has 1 fully saturated rings. The summed E-state index contributed by atoms with van der Waals surface area (Å²) in [6.07, 6.45) is 7.18. The van der Waals surface area contributed by atoms with Gasteiger partial charge in [-0.15, -0.1) is 0 Å². The highest BCUT2D eigenvalue weighted by Crippen LogP contribution is 2.30. The van der Waals surface area contributed by atoms with Crippen LogP contribution in [0.3, 0.4) is 0 Å². The summed E-state index contributed by atoms with van der Waals surface area (Å²) >= 11 is 0. The molecular weight excluding hydrogens is 396 g/mol. The Hall–Kier alpha value is -3.62. The highest BCUT2D eigenvalue weighted by atomic mass is 16.5. The van der Waals surface area contributed by atoms with E-state index in [1.165, 1.54) is 6.42 Å². The summed E-state index contributed by atoms with van der Waals surface area (Å²) in [6, 6.07) is 7.10. The van der Waals surface area contributed by atoms with E-state index >= 15 is 0 Å². The number of methoxy groups -OCH3 is 2. The number of ether oxygens (including phenoxy) is 2. The van der Waals surface area contributed by atoms with E-state index in [9.17, 15) is 4.79 Å². The lowest BCUT2D eigenvalue weighted by Crippen LogP contribution is -2.34. The van der Waals surface area contributed by atoms with Crippen LogP contribution in [0.4, 0.5) is 11.5 Å². The number of carbonyl (C=O) groups excluding carboxylic acids is 1. The Morgan fingerprint density at radius 3 is 2.68 bits per heavy atom. The van der Waals surface area contributed by atoms with Gasteiger partial charge in [-0.3, -0.25) is 9.36 Å². The van der Waals surface area contributed by atoms with E-state index in [1.807, 2.05) is 6.07 Å². The standard InChI is InChI=1S/C22H26N6O3/c1-15-5-4-8-27(11-15)20-10-21(24-13-23-20)28-12-17(25-14-28)22(29)26-16-6-7-18(30-2)19(9-16)31-3/h6-7,9-10,12-15H,4-5,8,11H2,1-3H3,(H,26,29). The van der Waals surface area contributed by atoms with Gasteiger partial charge in [-0.05, 0) is 30.9 Å². The first-order chi connectivity index (χ1) is 15.1. The molecule has 1 aromatic carbocycles. The summed E-state index contributed by atoms with van der Waals surface area (Å²) in [7, 11) is 3.11. The molecule has 0 aliphatic carbocycles. The normalized spacial score (nSPS) is 16.1. The Balaban J connectivity index is 1.49. The highest BCUT2D eigenvalue weighted by molar-refractivity contribution is 6.02. The number of carbonyl (C=O) groups is 1. The molecular formula is C22H26N6O3. The van der Waals surface area contributed by atoms with Crippen molar-refractivity contribution in [3.63, 3.8) is 0 Å². The Kier molecular flexibility index (Phi) is 6.01. The quantitative estimate of drug-likeness (QED) is 0.652. The summed E-state index contributed by atoms with van der Waals surface area (Å²) in [5, 5.41) is 2.83. The van der Waals surface area contributed by atoms with E-state index in [4.69, 9.17) is 9.47 Å². The Morgan fingerprint density at radius 2 is 1.90 bits per heavy atom. The number of nitrogens with one attached hydrogen (secondary N) is 1. The van der Waals surface area contributed by atoms with Crippen molar-refractivity contribution in [1.29, 1.82) is 0 Å². The second-order valence-corrected chi connectivity index (χ2v) is 7.62. The van der Waals surface area contributed by atoms with Gasteiger partial charge in [0, 0.05) is 37.1 Å². The summed E-state index contributed by atoms with van der Waals surface area (Å²) in [5.74, 6) is 3.00. The minimum absolute atomic E-state index is 0.279. The van der Waals surface area contributed by atoms with Gasteiger partial charge in [0.1, 0.15) is 30.0 Å². The summed E-state index contributed by atoms with van der Waals surface area (Å²) in [5.41, 5.74) is 0.863. The van der Waals surface area contributed by atoms with Crippen LogP contribution in [0, 0.1) is 5.92 Å². The van der Waals surface area contributed by atoms with Crippen molar-refractivity contribution in [1.82, 2.24) is 19.5 Å². The number of rotatable bonds is 6. The van der Waals surface area contributed by atoms with Crippen molar-refractivity contribution < 1.29 is 14.3 Å². The number of imidazole rings is 1. The van der Waals surface area contributed by atoms with Crippen LogP contribution < -0.4 is 19.7 Å². The van der Waals surface area contributed by atoms with E-state index in [0.29, 0.717) is 28.9 Å². The molecule has 0 saturated carbocycles. The smallest absolute Gasteiger partial charge is 0.275 e. The second kappa shape index (κ2) is 9.03. The fourth-order valence-corrected chi connectivity index (χ4v) is 3.72. The minimum Gasteiger partial charge on any atom is -0.493 e. The van der Waals surface area contributed by atoms with Crippen molar-refractivity contribution in [2.45, 2.75) is 19.8 Å². The number of benzene rings is 1. The number of amides is 1. The van der Waals surface area contributed by atoms with Crippen molar-refractivity contribution in [2.75, 3.05) is 37.5 Å². The van der Waals surface area contributed by atoms with Gasteiger partial charge in [-0.2, -0.15) is 0 Å². The first-order valence-corrected chi connectivity index (χ1v) is 10.2. The number of piperidine rings is 1. The van der Waals surface area contributed by atoms with Gasteiger partial charge in [0.05, 0.1) is 14.2 Å². The average Bonchev–Trinajstić information content (AvgIpc) is 3.30. The fourth-order valence-electron chi connectivity index (χ4n) is 3.72. The predicted molar refractivity (Wildman–Crippen MR) is 117 cm³/mol. The second-order valence-electron chi connectivity index (χ2n) is 7.62. The van der Waals surface area contributed by atoms with Crippen molar-refractivity contribution in [2.24, 2.45) is 5.92 Å². The molecule has 1 N–H and O–H groups in total. The van der Waals surface area contributed by atoms with Crippen molar-refractivity contribution in [3.8, 4) is 17.3 Å². The monoisotopic (exact) mass is 422 g/mol. The van der Waals surface area contributed by atoms with Crippen LogP contribution in [0.25, 0.3) is 5.82 Å². The third-order valence-electron chi connectivity index (χ3n) is 5.34. The number of anilines is 2. The third kappa shape index (κ3) is 4.60. The molecule has 0 bridgehead atoms. The number of nitrogens with zero attached hydrogens (tertiary/aromatic N) is 5. The Bertz CT molecular complexity index is 1070. The zero-order chi connectivity index (χ0) is 21.8. The molecule has 1 amide bonds. The SMILES string of the molecule is COc1ccc(NC(=O)c2cn(-c3cc(N4CCCC(C)C4)ncn3)cn2)cc1OC. The molecule has 1 aliphatic rings. The topological polar surface area (TPSA) is 94.4 Å². The van der Waals surface area contributed by atoms with Crippen LogP contribution in [0.5, 0.6) is 11.5 Å². The molecule has 3 heterocycles. The Morgan fingerprint density at radius 1 is 1.10 bits per heavy atom. The molecule has 1 atom stereocenters. The van der Waals surface area contributed by atoms with Gasteiger partial charge in [0.15, 0.2) is 11.5 Å². The molecule has 3 aromatic rings. The zero-order valence-electron chi connectivity index (χ0n) is 17.9. The zero-order valence-corrected chi connectivity index (χ0v) is 17.9. The molecule has 0 spiro atoms.